The first-order valence-corrected chi connectivity index (χ1v) is 9.11. The first-order chi connectivity index (χ1) is 13.2. The van der Waals surface area contributed by atoms with Gasteiger partial charge in [-0.3, -0.25) is 9.78 Å². The van der Waals surface area contributed by atoms with Crippen molar-refractivity contribution < 1.29 is 12.4 Å². The highest BCUT2D eigenvalue weighted by atomic mass is 16.5. The minimum Gasteiger partial charge on any atom is -0.372 e. The molecule has 2 aromatic heterocycles. The van der Waals surface area contributed by atoms with E-state index in [9.17, 15) is 4.79 Å². The predicted molar refractivity (Wildman–Crippen MR) is 109 cm³/mol. The number of nitrogens with one attached hydrogen (secondary N) is 1. The van der Waals surface area contributed by atoms with Crippen molar-refractivity contribution in [3.63, 3.8) is 0 Å². The smallest absolute Gasteiger partial charge is 0.213 e. The molecule has 144 valence electrons. The number of pyridine rings is 2. The van der Waals surface area contributed by atoms with Gasteiger partial charge in [0.1, 0.15) is 18.1 Å². The Hall–Kier alpha value is -2.75. The van der Waals surface area contributed by atoms with Crippen LogP contribution in [0.1, 0.15) is 36.6 Å². The number of hydrogen-bond acceptors (Lipinski definition) is 6. The molecule has 0 atom stereocenters. The highest BCUT2D eigenvalue weighted by molar-refractivity contribution is 6.08. The molecule has 0 aromatic carbocycles. The number of ketones is 1. The lowest BCUT2D eigenvalue weighted by Crippen LogP contribution is -2.29. The van der Waals surface area contributed by atoms with E-state index in [2.05, 4.69) is 32.0 Å². The van der Waals surface area contributed by atoms with Gasteiger partial charge >= 0.3 is 0 Å². The number of rotatable bonds is 4. The number of carbonyl (C=O) groups excluding carboxylic acids is 1. The summed E-state index contributed by atoms with van der Waals surface area (Å²) in [5, 5.41) is 3.38. The summed E-state index contributed by atoms with van der Waals surface area (Å²) >= 11 is 0. The van der Waals surface area contributed by atoms with Crippen molar-refractivity contribution >= 4 is 11.6 Å². The molecule has 0 aliphatic carbocycles. The van der Waals surface area contributed by atoms with Crippen LogP contribution < -0.4 is 10.2 Å². The van der Waals surface area contributed by atoms with E-state index in [1.165, 1.54) is 0 Å². The average molecular weight is 368 g/mol. The molecule has 0 amide bonds. The van der Waals surface area contributed by atoms with Crippen molar-refractivity contribution in [2.24, 2.45) is 0 Å². The van der Waals surface area contributed by atoms with Crippen LogP contribution >= 0.6 is 0 Å². The SMILES string of the molecule is COCC#Cc1cnc(C)c(C(=O)c2cccc(N3CCCNCC3)n2)c1.[HH].[HH]. The summed E-state index contributed by atoms with van der Waals surface area (Å²) in [7, 11) is 1.59. The second kappa shape index (κ2) is 9.26. The molecule has 0 radical (unpaired) electrons. The van der Waals surface area contributed by atoms with Crippen LogP contribution in [0.3, 0.4) is 0 Å². The highest BCUT2D eigenvalue weighted by Crippen LogP contribution is 2.17. The molecule has 6 heteroatoms. The lowest BCUT2D eigenvalue weighted by Gasteiger charge is -2.21. The molecule has 0 unspecified atom stereocenters. The first kappa shape index (κ1) is 19.0. The fraction of sp³-hybridized carbons (Fsp3) is 0.381. The summed E-state index contributed by atoms with van der Waals surface area (Å²) in [5.41, 5.74) is 2.32. The summed E-state index contributed by atoms with van der Waals surface area (Å²) in [4.78, 5) is 24.2. The maximum atomic E-state index is 13.0. The summed E-state index contributed by atoms with van der Waals surface area (Å²) in [6.45, 7) is 5.91. The van der Waals surface area contributed by atoms with Crippen molar-refractivity contribution in [3.8, 4) is 11.8 Å². The minimum absolute atomic E-state index is 0. The molecular formula is C21H28N4O2. The van der Waals surface area contributed by atoms with E-state index < -0.39 is 0 Å². The van der Waals surface area contributed by atoms with E-state index in [1.54, 1.807) is 25.4 Å². The summed E-state index contributed by atoms with van der Waals surface area (Å²) in [6.07, 6.45) is 2.73. The Bertz CT molecular complexity index is 872. The number of ether oxygens (including phenoxy) is 1. The van der Waals surface area contributed by atoms with Crippen molar-refractivity contribution in [3.05, 3.63) is 53.0 Å². The number of carbonyl (C=O) groups is 1. The predicted octanol–water partition coefficient (Wildman–Crippen LogP) is 2.31. The Balaban J connectivity index is 0.00000210. The van der Waals surface area contributed by atoms with Crippen LogP contribution in [-0.4, -0.2) is 55.6 Å². The molecule has 0 saturated carbocycles. The van der Waals surface area contributed by atoms with Gasteiger partial charge in [-0.05, 0) is 38.1 Å². The van der Waals surface area contributed by atoms with Crippen molar-refractivity contribution in [1.82, 2.24) is 15.3 Å². The third-order valence-corrected chi connectivity index (χ3v) is 4.41. The lowest BCUT2D eigenvalue weighted by atomic mass is 10.0. The number of methoxy groups -OCH3 is 1. The van der Waals surface area contributed by atoms with E-state index in [-0.39, 0.29) is 8.64 Å². The van der Waals surface area contributed by atoms with Crippen LogP contribution in [0.2, 0.25) is 0 Å². The molecule has 6 nitrogen and oxygen atoms in total. The van der Waals surface area contributed by atoms with Crippen LogP contribution in [0.4, 0.5) is 5.82 Å². The molecule has 1 saturated heterocycles. The maximum Gasteiger partial charge on any atom is 0.213 e. The lowest BCUT2D eigenvalue weighted by molar-refractivity contribution is 0.103. The van der Waals surface area contributed by atoms with E-state index >= 15 is 0 Å². The van der Waals surface area contributed by atoms with Gasteiger partial charge in [-0.25, -0.2) is 4.98 Å². The second-order valence-corrected chi connectivity index (χ2v) is 6.39. The zero-order valence-electron chi connectivity index (χ0n) is 15.8. The maximum absolute atomic E-state index is 13.0. The molecule has 1 N–H and O–H groups in total. The Morgan fingerprint density at radius 3 is 3.11 bits per heavy atom. The largest absolute Gasteiger partial charge is 0.372 e. The van der Waals surface area contributed by atoms with Gasteiger partial charge in [-0.15, -0.1) is 0 Å². The van der Waals surface area contributed by atoms with E-state index in [4.69, 9.17) is 4.74 Å². The number of anilines is 1. The van der Waals surface area contributed by atoms with Crippen LogP contribution in [0.25, 0.3) is 0 Å². The van der Waals surface area contributed by atoms with Gasteiger partial charge < -0.3 is 15.0 Å². The van der Waals surface area contributed by atoms with Gasteiger partial charge in [0.25, 0.3) is 0 Å². The molecule has 0 spiro atoms. The van der Waals surface area contributed by atoms with E-state index in [0.717, 1.165) is 38.4 Å². The topological polar surface area (TPSA) is 67.3 Å². The summed E-state index contributed by atoms with van der Waals surface area (Å²) in [6, 6.07) is 7.38. The normalized spacial score (nSPS) is 14.2. The van der Waals surface area contributed by atoms with Crippen molar-refractivity contribution in [1.29, 1.82) is 0 Å². The third kappa shape index (κ3) is 4.91. The monoisotopic (exact) mass is 368 g/mol. The summed E-state index contributed by atoms with van der Waals surface area (Å²) < 4.78 is 4.93. The van der Waals surface area contributed by atoms with Crippen LogP contribution in [-0.2, 0) is 4.74 Å². The van der Waals surface area contributed by atoms with Gasteiger partial charge in [-0.1, -0.05) is 17.9 Å². The molecule has 3 rings (SSSR count). The Kier molecular flexibility index (Phi) is 6.53. The van der Waals surface area contributed by atoms with Gasteiger partial charge in [0.15, 0.2) is 0 Å². The van der Waals surface area contributed by atoms with E-state index in [0.29, 0.717) is 29.1 Å². The summed E-state index contributed by atoms with van der Waals surface area (Å²) in [5.74, 6) is 6.55. The van der Waals surface area contributed by atoms with Gasteiger partial charge in [0, 0.05) is 52.6 Å². The van der Waals surface area contributed by atoms with Crippen LogP contribution in [0.15, 0.2) is 30.5 Å². The standard InChI is InChI=1S/C21H24N4O2.2H2/c1-16-18(14-17(15-23-16)6-4-13-27-2)21(26)19-7-3-8-20(24-19)25-11-5-9-22-10-12-25;;/h3,7-8,14-15,22H,5,9-13H2,1-2H3;2*1H. The molecule has 27 heavy (non-hydrogen) atoms. The van der Waals surface area contributed by atoms with E-state index in [1.807, 2.05) is 19.1 Å². The zero-order chi connectivity index (χ0) is 19.1. The van der Waals surface area contributed by atoms with Crippen LogP contribution in [0.5, 0.6) is 0 Å². The highest BCUT2D eigenvalue weighted by Gasteiger charge is 2.17. The molecule has 1 aliphatic rings. The van der Waals surface area contributed by atoms with Crippen molar-refractivity contribution in [2.45, 2.75) is 13.3 Å². The Morgan fingerprint density at radius 1 is 1.37 bits per heavy atom. The van der Waals surface area contributed by atoms with Gasteiger partial charge in [-0.2, -0.15) is 0 Å². The minimum atomic E-state index is -0.134. The number of hydrogen-bond donors (Lipinski definition) is 1. The fourth-order valence-corrected chi connectivity index (χ4v) is 2.98. The first-order valence-electron chi connectivity index (χ1n) is 9.11. The fourth-order valence-electron chi connectivity index (χ4n) is 2.98. The Labute approximate surface area is 162 Å². The molecule has 2 aromatic rings. The molecule has 1 fully saturated rings. The number of nitrogens with zero attached hydrogens (tertiary/aromatic N) is 3. The Morgan fingerprint density at radius 2 is 2.26 bits per heavy atom. The zero-order valence-corrected chi connectivity index (χ0v) is 15.8. The molecule has 0 bridgehead atoms. The second-order valence-electron chi connectivity index (χ2n) is 6.39. The quantitative estimate of drug-likeness (QED) is 0.660. The van der Waals surface area contributed by atoms with Gasteiger partial charge in [0.05, 0.1) is 0 Å². The molecule has 3 heterocycles. The van der Waals surface area contributed by atoms with Crippen LogP contribution in [0, 0.1) is 18.8 Å². The van der Waals surface area contributed by atoms with Crippen molar-refractivity contribution in [2.75, 3.05) is 44.8 Å². The number of aryl methyl sites for hydroxylation is 1. The average Bonchev–Trinajstić information content (AvgIpc) is 2.98. The molecule has 1 aliphatic heterocycles. The third-order valence-electron chi connectivity index (χ3n) is 4.41. The van der Waals surface area contributed by atoms with Gasteiger partial charge in [0.2, 0.25) is 5.78 Å². The molecular weight excluding hydrogens is 340 g/mol. The number of aromatic nitrogens is 2.